The Morgan fingerprint density at radius 2 is 2.18 bits per heavy atom. The van der Waals surface area contributed by atoms with Gasteiger partial charge in [0.2, 0.25) is 5.88 Å². The molecule has 1 saturated heterocycles. The number of aromatic nitrogens is 1. The van der Waals surface area contributed by atoms with Gasteiger partial charge in [-0.2, -0.15) is 0 Å². The highest BCUT2D eigenvalue weighted by molar-refractivity contribution is 5.96. The average Bonchev–Trinajstić information content (AvgIpc) is 2.51. The maximum Gasteiger partial charge on any atom is 0.256 e. The average molecular weight is 307 g/mol. The molecule has 0 radical (unpaired) electrons. The molecule has 0 unspecified atom stereocenters. The molecule has 1 aliphatic heterocycles. The molecular formula is C16H25N3O3. The number of nitrogens with zero attached hydrogens (tertiary/aromatic N) is 2. The van der Waals surface area contributed by atoms with Gasteiger partial charge in [0.15, 0.2) is 0 Å². The minimum absolute atomic E-state index is 0.161. The lowest BCUT2D eigenvalue weighted by Gasteiger charge is -2.39. The fourth-order valence-corrected chi connectivity index (χ4v) is 2.77. The number of amides is 1. The molecule has 2 heterocycles. The normalized spacial score (nSPS) is 23.8. The van der Waals surface area contributed by atoms with Gasteiger partial charge >= 0.3 is 0 Å². The van der Waals surface area contributed by atoms with Gasteiger partial charge in [-0.25, -0.2) is 4.98 Å². The standard InChI is InChI=1S/C16H25N3O3/c1-11(19-9-12(2)22-13(3)10-19)8-18-15(20)14-6-5-7-17-16(14)21-4/h5-7,11-13H,8-10H2,1-4H3,(H,18,20)/t11-,12-,13+/m1/s1. The Bertz CT molecular complexity index is 499. The molecule has 6 nitrogen and oxygen atoms in total. The second kappa shape index (κ2) is 7.56. The number of nitrogens with one attached hydrogen (secondary N) is 1. The molecule has 22 heavy (non-hydrogen) atoms. The Morgan fingerprint density at radius 3 is 2.82 bits per heavy atom. The van der Waals surface area contributed by atoms with E-state index in [0.29, 0.717) is 18.0 Å². The summed E-state index contributed by atoms with van der Waals surface area (Å²) in [5.74, 6) is 0.187. The summed E-state index contributed by atoms with van der Waals surface area (Å²) < 4.78 is 10.9. The SMILES string of the molecule is COc1ncccc1C(=O)NC[C@@H](C)N1C[C@@H](C)O[C@@H](C)C1. The summed E-state index contributed by atoms with van der Waals surface area (Å²) in [6.45, 7) is 8.62. The van der Waals surface area contributed by atoms with Crippen LogP contribution >= 0.6 is 0 Å². The molecule has 1 aliphatic rings. The van der Waals surface area contributed by atoms with Crippen molar-refractivity contribution in [1.29, 1.82) is 0 Å². The smallest absolute Gasteiger partial charge is 0.256 e. The first-order valence-electron chi connectivity index (χ1n) is 7.68. The first-order valence-corrected chi connectivity index (χ1v) is 7.68. The molecular weight excluding hydrogens is 282 g/mol. The third kappa shape index (κ3) is 4.18. The quantitative estimate of drug-likeness (QED) is 0.889. The Hall–Kier alpha value is -1.66. The van der Waals surface area contributed by atoms with Crippen LogP contribution in [0.1, 0.15) is 31.1 Å². The van der Waals surface area contributed by atoms with Gasteiger partial charge in [-0.05, 0) is 32.9 Å². The minimum atomic E-state index is -0.161. The Kier molecular flexibility index (Phi) is 5.74. The van der Waals surface area contributed by atoms with Gasteiger partial charge in [0.1, 0.15) is 5.56 Å². The van der Waals surface area contributed by atoms with Crippen molar-refractivity contribution in [3.63, 3.8) is 0 Å². The molecule has 0 aromatic carbocycles. The lowest BCUT2D eigenvalue weighted by molar-refractivity contribution is -0.0778. The van der Waals surface area contributed by atoms with Gasteiger partial charge in [0, 0.05) is 31.9 Å². The zero-order valence-electron chi connectivity index (χ0n) is 13.7. The van der Waals surface area contributed by atoms with Crippen LogP contribution in [0.3, 0.4) is 0 Å². The molecule has 122 valence electrons. The molecule has 1 aromatic heterocycles. The number of carbonyl (C=O) groups is 1. The van der Waals surface area contributed by atoms with Crippen molar-refractivity contribution in [2.75, 3.05) is 26.7 Å². The van der Waals surface area contributed by atoms with Crippen LogP contribution in [0.25, 0.3) is 0 Å². The van der Waals surface area contributed by atoms with Crippen LogP contribution in [0, 0.1) is 0 Å². The van der Waals surface area contributed by atoms with Crippen LogP contribution in [-0.4, -0.2) is 60.8 Å². The second-order valence-corrected chi connectivity index (χ2v) is 5.83. The van der Waals surface area contributed by atoms with Crippen LogP contribution in [0.15, 0.2) is 18.3 Å². The lowest BCUT2D eigenvalue weighted by Crippen LogP contribution is -2.52. The summed E-state index contributed by atoms with van der Waals surface area (Å²) >= 11 is 0. The number of carbonyl (C=O) groups excluding carboxylic acids is 1. The zero-order chi connectivity index (χ0) is 16.1. The summed E-state index contributed by atoms with van der Waals surface area (Å²) in [5.41, 5.74) is 0.459. The largest absolute Gasteiger partial charge is 0.480 e. The number of rotatable bonds is 5. The van der Waals surface area contributed by atoms with E-state index in [0.717, 1.165) is 13.1 Å². The molecule has 1 amide bonds. The minimum Gasteiger partial charge on any atom is -0.480 e. The summed E-state index contributed by atoms with van der Waals surface area (Å²) in [7, 11) is 1.51. The van der Waals surface area contributed by atoms with E-state index in [1.54, 1.807) is 18.3 Å². The van der Waals surface area contributed by atoms with Crippen molar-refractivity contribution in [2.24, 2.45) is 0 Å². The fraction of sp³-hybridized carbons (Fsp3) is 0.625. The van der Waals surface area contributed by atoms with Crippen molar-refractivity contribution in [3.8, 4) is 5.88 Å². The van der Waals surface area contributed by atoms with Crippen LogP contribution in [-0.2, 0) is 4.74 Å². The number of hydrogen-bond donors (Lipinski definition) is 1. The van der Waals surface area contributed by atoms with Crippen molar-refractivity contribution in [2.45, 2.75) is 39.0 Å². The third-order valence-electron chi connectivity index (χ3n) is 3.84. The zero-order valence-corrected chi connectivity index (χ0v) is 13.7. The summed E-state index contributed by atoms with van der Waals surface area (Å²) in [6.07, 6.45) is 2.05. The molecule has 0 spiro atoms. The van der Waals surface area contributed by atoms with Gasteiger partial charge < -0.3 is 14.8 Å². The highest BCUT2D eigenvalue weighted by Gasteiger charge is 2.26. The van der Waals surface area contributed by atoms with E-state index >= 15 is 0 Å². The molecule has 0 aliphatic carbocycles. The van der Waals surface area contributed by atoms with E-state index < -0.39 is 0 Å². The highest BCUT2D eigenvalue weighted by Crippen LogP contribution is 2.15. The molecule has 1 fully saturated rings. The van der Waals surface area contributed by atoms with Crippen LogP contribution in [0.5, 0.6) is 5.88 Å². The Morgan fingerprint density at radius 1 is 1.50 bits per heavy atom. The van der Waals surface area contributed by atoms with Gasteiger partial charge in [0.25, 0.3) is 5.91 Å². The number of pyridine rings is 1. The maximum absolute atomic E-state index is 12.3. The van der Waals surface area contributed by atoms with Crippen LogP contribution in [0.2, 0.25) is 0 Å². The lowest BCUT2D eigenvalue weighted by atomic mass is 10.1. The first-order chi connectivity index (χ1) is 10.5. The van der Waals surface area contributed by atoms with Crippen LogP contribution in [0.4, 0.5) is 0 Å². The van der Waals surface area contributed by atoms with Crippen molar-refractivity contribution in [3.05, 3.63) is 23.9 Å². The van der Waals surface area contributed by atoms with Crippen LogP contribution < -0.4 is 10.1 Å². The molecule has 0 saturated carbocycles. The topological polar surface area (TPSA) is 63.7 Å². The number of ether oxygens (including phenoxy) is 2. The van der Waals surface area contributed by atoms with Crippen molar-refractivity contribution < 1.29 is 14.3 Å². The van der Waals surface area contributed by atoms with Gasteiger partial charge in [0.05, 0.1) is 19.3 Å². The van der Waals surface area contributed by atoms with E-state index in [9.17, 15) is 4.79 Å². The predicted octanol–water partition coefficient (Wildman–Crippen LogP) is 1.32. The molecule has 1 N–H and O–H groups in total. The molecule has 2 rings (SSSR count). The van der Waals surface area contributed by atoms with E-state index in [4.69, 9.17) is 9.47 Å². The Labute approximate surface area is 131 Å². The first kappa shape index (κ1) is 16.7. The van der Waals surface area contributed by atoms with Crippen molar-refractivity contribution >= 4 is 5.91 Å². The monoisotopic (exact) mass is 307 g/mol. The fourth-order valence-electron chi connectivity index (χ4n) is 2.77. The van der Waals surface area contributed by atoms with Gasteiger partial charge in [-0.3, -0.25) is 9.69 Å². The second-order valence-electron chi connectivity index (χ2n) is 5.83. The molecule has 3 atom stereocenters. The van der Waals surface area contributed by atoms with Gasteiger partial charge in [-0.1, -0.05) is 0 Å². The van der Waals surface area contributed by atoms with E-state index in [-0.39, 0.29) is 24.2 Å². The summed E-state index contributed by atoms with van der Waals surface area (Å²) in [5, 5.41) is 2.96. The van der Waals surface area contributed by atoms with E-state index in [2.05, 4.69) is 36.0 Å². The van der Waals surface area contributed by atoms with Gasteiger partial charge in [-0.15, -0.1) is 0 Å². The van der Waals surface area contributed by atoms with E-state index in [1.165, 1.54) is 7.11 Å². The predicted molar refractivity (Wildman–Crippen MR) is 84.2 cm³/mol. The summed E-state index contributed by atoms with van der Waals surface area (Å²) in [6, 6.07) is 3.69. The Balaban J connectivity index is 1.90. The number of methoxy groups -OCH3 is 1. The molecule has 1 aromatic rings. The number of morpholine rings is 1. The third-order valence-corrected chi connectivity index (χ3v) is 3.84. The van der Waals surface area contributed by atoms with E-state index in [1.807, 2.05) is 0 Å². The maximum atomic E-state index is 12.3. The summed E-state index contributed by atoms with van der Waals surface area (Å²) in [4.78, 5) is 18.7. The number of hydrogen-bond acceptors (Lipinski definition) is 5. The van der Waals surface area contributed by atoms with Crippen molar-refractivity contribution in [1.82, 2.24) is 15.2 Å². The molecule has 0 bridgehead atoms. The molecule has 6 heteroatoms. The highest BCUT2D eigenvalue weighted by atomic mass is 16.5.